The van der Waals surface area contributed by atoms with Gasteiger partial charge in [-0.15, -0.1) is 0 Å². The van der Waals surface area contributed by atoms with Crippen LogP contribution >= 0.6 is 11.6 Å². The Labute approximate surface area is 120 Å². The third-order valence-corrected chi connectivity index (χ3v) is 4.71. The van der Waals surface area contributed by atoms with Gasteiger partial charge in [0.05, 0.1) is 27.3 Å². The second-order valence-corrected chi connectivity index (χ2v) is 6.49. The zero-order chi connectivity index (χ0) is 15.3. The minimum atomic E-state index is -3.81. The molecule has 0 heterocycles. The van der Waals surface area contributed by atoms with Gasteiger partial charge < -0.3 is 5.11 Å². The van der Waals surface area contributed by atoms with Crippen molar-refractivity contribution < 1.29 is 22.7 Å². The molecule has 0 amide bonds. The molecule has 0 radical (unpaired) electrons. The third kappa shape index (κ3) is 3.92. The Morgan fingerprint density at radius 3 is 2.60 bits per heavy atom. The van der Waals surface area contributed by atoms with Crippen LogP contribution < -0.4 is 0 Å². The summed E-state index contributed by atoms with van der Waals surface area (Å²) in [5.74, 6) is -2.88. The molecule has 0 aromatic heterocycles. The van der Waals surface area contributed by atoms with Crippen molar-refractivity contribution in [2.75, 3.05) is 5.75 Å². The number of halogens is 2. The lowest BCUT2D eigenvalue weighted by Gasteiger charge is -2.07. The number of hydrogen-bond acceptors (Lipinski definition) is 4. The van der Waals surface area contributed by atoms with Gasteiger partial charge in [0, 0.05) is 6.42 Å². The number of carboxylic acid groups (broad SMARTS) is 1. The van der Waals surface area contributed by atoms with Crippen LogP contribution in [-0.2, 0) is 9.84 Å². The number of nitrogens with zero attached hydrogens (tertiary/aromatic N) is 1. The monoisotopic (exact) mass is 319 g/mol. The van der Waals surface area contributed by atoms with Crippen LogP contribution in [0.5, 0.6) is 0 Å². The van der Waals surface area contributed by atoms with E-state index >= 15 is 0 Å². The number of hydrogen-bond donors (Lipinski definition) is 1. The maximum atomic E-state index is 13.5. The van der Waals surface area contributed by atoms with Gasteiger partial charge in [-0.1, -0.05) is 11.6 Å². The molecule has 8 heteroatoms. The molecule has 1 rings (SSSR count). The molecule has 0 bridgehead atoms. The minimum absolute atomic E-state index is 0.227. The molecule has 5 nitrogen and oxygen atoms in total. The van der Waals surface area contributed by atoms with E-state index in [2.05, 4.69) is 0 Å². The molecule has 0 saturated carbocycles. The van der Waals surface area contributed by atoms with Crippen LogP contribution in [0, 0.1) is 17.1 Å². The fourth-order valence-corrected chi connectivity index (χ4v) is 3.10. The highest BCUT2D eigenvalue weighted by Crippen LogP contribution is 2.25. The molecule has 0 saturated heterocycles. The summed E-state index contributed by atoms with van der Waals surface area (Å²) in [6, 6.07) is 3.43. The van der Waals surface area contributed by atoms with E-state index in [0.717, 1.165) is 6.07 Å². The molecular weight excluding hydrogens is 309 g/mol. The summed E-state index contributed by atoms with van der Waals surface area (Å²) in [6.07, 6.45) is 0.866. The van der Waals surface area contributed by atoms with Crippen LogP contribution in [0.4, 0.5) is 4.39 Å². The van der Waals surface area contributed by atoms with E-state index in [0.29, 0.717) is 12.5 Å². The molecule has 1 aromatic rings. The van der Waals surface area contributed by atoms with Gasteiger partial charge in [0.2, 0.25) is 0 Å². The van der Waals surface area contributed by atoms with Crippen LogP contribution in [-0.4, -0.2) is 25.2 Å². The Hall–Kier alpha value is -1.65. The van der Waals surface area contributed by atoms with Gasteiger partial charge >= 0.3 is 5.97 Å². The predicted octanol–water partition coefficient (Wildman–Crippen LogP) is 2.64. The summed E-state index contributed by atoms with van der Waals surface area (Å²) >= 11 is 5.47. The van der Waals surface area contributed by atoms with Gasteiger partial charge in [-0.25, -0.2) is 17.6 Å². The molecule has 1 aromatic carbocycles. The number of carboxylic acids is 1. The van der Waals surface area contributed by atoms with Crippen molar-refractivity contribution >= 4 is 27.4 Å². The first-order chi connectivity index (χ1) is 9.29. The maximum Gasteiger partial charge on any atom is 0.337 e. The molecule has 0 aliphatic rings. The van der Waals surface area contributed by atoms with Gasteiger partial charge in [0.1, 0.15) is 5.82 Å². The predicted molar refractivity (Wildman–Crippen MR) is 69.9 cm³/mol. The molecule has 0 spiro atoms. The normalized spacial score (nSPS) is 11.1. The Bertz CT molecular complexity index is 667. The zero-order valence-corrected chi connectivity index (χ0v) is 11.8. The first-order valence-electron chi connectivity index (χ1n) is 5.61. The number of nitriles is 1. The average molecular weight is 320 g/mol. The molecule has 0 fully saturated rings. The average Bonchev–Trinajstić information content (AvgIpc) is 2.37. The minimum Gasteiger partial charge on any atom is -0.478 e. The lowest BCUT2D eigenvalue weighted by molar-refractivity contribution is 0.0696. The Kier molecular flexibility index (Phi) is 5.48. The lowest BCUT2D eigenvalue weighted by Crippen LogP contribution is -2.10. The second-order valence-electron chi connectivity index (χ2n) is 4.01. The third-order valence-electron chi connectivity index (χ3n) is 2.54. The van der Waals surface area contributed by atoms with E-state index in [1.165, 1.54) is 0 Å². The lowest BCUT2D eigenvalue weighted by atomic mass is 10.2. The summed E-state index contributed by atoms with van der Waals surface area (Å²) in [4.78, 5) is 10.4. The summed E-state index contributed by atoms with van der Waals surface area (Å²) in [5.41, 5.74) is -0.595. The Morgan fingerprint density at radius 2 is 2.05 bits per heavy atom. The van der Waals surface area contributed by atoms with Crippen molar-refractivity contribution in [3.05, 3.63) is 28.5 Å². The summed E-state index contributed by atoms with van der Waals surface area (Å²) < 4.78 is 37.4. The molecular formula is C12H11ClFNO4S. The highest BCUT2D eigenvalue weighted by atomic mass is 35.5. The van der Waals surface area contributed by atoms with Crippen molar-refractivity contribution in [2.45, 2.75) is 24.2 Å². The van der Waals surface area contributed by atoms with Gasteiger partial charge in [-0.05, 0) is 25.0 Å². The number of carbonyl (C=O) groups is 1. The van der Waals surface area contributed by atoms with Crippen molar-refractivity contribution in [3.8, 4) is 6.07 Å². The topological polar surface area (TPSA) is 95.2 Å². The van der Waals surface area contributed by atoms with Gasteiger partial charge in [-0.2, -0.15) is 5.26 Å². The highest BCUT2D eigenvalue weighted by Gasteiger charge is 2.21. The van der Waals surface area contributed by atoms with E-state index in [4.69, 9.17) is 22.0 Å². The van der Waals surface area contributed by atoms with Crippen molar-refractivity contribution in [3.63, 3.8) is 0 Å². The standard InChI is InChI=1S/C12H11ClFNO4S/c13-11-9(12(16)17)6-8(7-10(11)14)20(18,19)5-3-1-2-4-15/h6-7H,1-3,5H2,(H,16,17). The van der Waals surface area contributed by atoms with Crippen LogP contribution in [0.15, 0.2) is 17.0 Å². The van der Waals surface area contributed by atoms with Crippen LogP contribution in [0.1, 0.15) is 29.6 Å². The molecule has 108 valence electrons. The molecule has 0 aliphatic carbocycles. The summed E-state index contributed by atoms with van der Waals surface area (Å²) in [6.45, 7) is 0. The van der Waals surface area contributed by atoms with Crippen molar-refractivity contribution in [1.29, 1.82) is 5.26 Å². The van der Waals surface area contributed by atoms with E-state index < -0.39 is 37.1 Å². The summed E-state index contributed by atoms with van der Waals surface area (Å²) in [5, 5.41) is 16.6. The van der Waals surface area contributed by atoms with E-state index in [1.807, 2.05) is 6.07 Å². The first kappa shape index (κ1) is 16.4. The van der Waals surface area contributed by atoms with Gasteiger partial charge in [-0.3, -0.25) is 0 Å². The van der Waals surface area contributed by atoms with E-state index in [-0.39, 0.29) is 18.6 Å². The van der Waals surface area contributed by atoms with Gasteiger partial charge in [0.15, 0.2) is 9.84 Å². The van der Waals surface area contributed by atoms with E-state index in [9.17, 15) is 17.6 Å². The van der Waals surface area contributed by atoms with Crippen LogP contribution in [0.3, 0.4) is 0 Å². The van der Waals surface area contributed by atoms with Gasteiger partial charge in [0.25, 0.3) is 0 Å². The molecule has 20 heavy (non-hydrogen) atoms. The quantitative estimate of drug-likeness (QED) is 0.813. The fraction of sp³-hybridized carbons (Fsp3) is 0.333. The second kappa shape index (κ2) is 6.68. The number of aromatic carboxylic acids is 1. The smallest absolute Gasteiger partial charge is 0.337 e. The van der Waals surface area contributed by atoms with E-state index in [1.54, 1.807) is 0 Å². The van der Waals surface area contributed by atoms with Crippen molar-refractivity contribution in [1.82, 2.24) is 0 Å². The van der Waals surface area contributed by atoms with Crippen LogP contribution in [0.2, 0.25) is 5.02 Å². The summed E-state index contributed by atoms with van der Waals surface area (Å²) in [7, 11) is -3.81. The molecule has 0 atom stereocenters. The van der Waals surface area contributed by atoms with Crippen LogP contribution in [0.25, 0.3) is 0 Å². The number of benzene rings is 1. The maximum absolute atomic E-state index is 13.5. The Morgan fingerprint density at radius 1 is 1.40 bits per heavy atom. The molecule has 0 aliphatic heterocycles. The molecule has 1 N–H and O–H groups in total. The number of sulfone groups is 1. The number of unbranched alkanes of at least 4 members (excludes halogenated alkanes) is 2. The highest BCUT2D eigenvalue weighted by molar-refractivity contribution is 7.91. The largest absolute Gasteiger partial charge is 0.478 e. The van der Waals surface area contributed by atoms with Crippen molar-refractivity contribution in [2.24, 2.45) is 0 Å². The SMILES string of the molecule is N#CCCCCS(=O)(=O)c1cc(F)c(Cl)c(C(=O)O)c1. The zero-order valence-electron chi connectivity index (χ0n) is 10.3. The first-order valence-corrected chi connectivity index (χ1v) is 7.64. The fourth-order valence-electron chi connectivity index (χ4n) is 1.51. The Balaban J connectivity index is 3.07. The molecule has 0 unspecified atom stereocenters. The number of rotatable bonds is 6.